The zero-order valence-corrected chi connectivity index (χ0v) is 5.73. The van der Waals surface area contributed by atoms with Gasteiger partial charge in [-0.1, -0.05) is 0 Å². The van der Waals surface area contributed by atoms with E-state index in [1.165, 1.54) is 0 Å². The molecule has 0 aliphatic carbocycles. The van der Waals surface area contributed by atoms with Crippen LogP contribution in [0.25, 0.3) is 0 Å². The van der Waals surface area contributed by atoms with Crippen LogP contribution in [0, 0.1) is 0 Å². The smallest absolute Gasteiger partial charge is 0.00750 e. The Balaban J connectivity index is 0. The molecule has 3 nitrogen and oxygen atoms in total. The first-order chi connectivity index (χ1) is 3.41. The summed E-state index contributed by atoms with van der Waals surface area (Å²) in [5, 5.41) is 3.03. The zero-order chi connectivity index (χ0) is 5.54. The molecule has 0 aromatic rings. The summed E-state index contributed by atoms with van der Waals surface area (Å²) in [6.45, 7) is 3.13. The Kier molecular flexibility index (Phi) is 14.6. The molecule has 5 N–H and O–H groups in total. The minimum Gasteiger partial charge on any atom is -0.329 e. The van der Waals surface area contributed by atoms with E-state index in [-0.39, 0.29) is 17.1 Å². The first-order valence-electron chi connectivity index (χ1n) is 2.52. The van der Waals surface area contributed by atoms with Crippen LogP contribution < -0.4 is 16.8 Å². The van der Waals surface area contributed by atoms with Crippen molar-refractivity contribution in [2.45, 2.75) is 0 Å². The summed E-state index contributed by atoms with van der Waals surface area (Å²) in [4.78, 5) is 0. The maximum atomic E-state index is 5.17. The number of hydrogen-bond donors (Lipinski definition) is 3. The van der Waals surface area contributed by atoms with Crippen molar-refractivity contribution in [3.05, 3.63) is 0 Å². The summed E-state index contributed by atoms with van der Waals surface area (Å²) >= 11 is 0. The largest absolute Gasteiger partial charge is 0.329 e. The summed E-state index contributed by atoms with van der Waals surface area (Å²) in [6.07, 6.45) is 0. The molecule has 8 heavy (non-hydrogen) atoms. The average molecular weight is 167 g/mol. The van der Waals surface area contributed by atoms with Crippen LogP contribution in [0.4, 0.5) is 0 Å². The monoisotopic (exact) mass is 166 g/mol. The van der Waals surface area contributed by atoms with Gasteiger partial charge in [0.25, 0.3) is 0 Å². The van der Waals surface area contributed by atoms with E-state index in [1.807, 2.05) is 0 Å². The van der Waals surface area contributed by atoms with Gasteiger partial charge in [0.1, 0.15) is 0 Å². The molecule has 0 heterocycles. The van der Waals surface area contributed by atoms with Gasteiger partial charge in [-0.15, -0.1) is 0 Å². The molecule has 0 rings (SSSR count). The van der Waals surface area contributed by atoms with Crippen LogP contribution in [-0.4, -0.2) is 26.2 Å². The SMILES string of the molecule is NCCNCCN.[Cu]. The molecule has 55 valence electrons. The predicted octanol–water partition coefficient (Wildman–Crippen LogP) is -1.51. The van der Waals surface area contributed by atoms with E-state index in [2.05, 4.69) is 5.32 Å². The van der Waals surface area contributed by atoms with Gasteiger partial charge >= 0.3 is 0 Å². The Morgan fingerprint density at radius 1 is 1.00 bits per heavy atom. The van der Waals surface area contributed by atoms with Crippen molar-refractivity contribution in [2.75, 3.05) is 26.2 Å². The second-order valence-corrected chi connectivity index (χ2v) is 1.33. The van der Waals surface area contributed by atoms with Crippen molar-refractivity contribution < 1.29 is 17.1 Å². The third-order valence-electron chi connectivity index (χ3n) is 0.642. The number of nitrogens with one attached hydrogen (secondary N) is 1. The van der Waals surface area contributed by atoms with Gasteiger partial charge in [-0.25, -0.2) is 0 Å². The Labute approximate surface area is 60.7 Å². The summed E-state index contributed by atoms with van der Waals surface area (Å²) in [6, 6.07) is 0. The zero-order valence-electron chi connectivity index (χ0n) is 4.78. The molecule has 0 atom stereocenters. The van der Waals surface area contributed by atoms with E-state index in [0.717, 1.165) is 13.1 Å². The van der Waals surface area contributed by atoms with Gasteiger partial charge in [-0.3, -0.25) is 0 Å². The molecular weight excluding hydrogens is 154 g/mol. The van der Waals surface area contributed by atoms with Crippen molar-refractivity contribution in [3.63, 3.8) is 0 Å². The van der Waals surface area contributed by atoms with Gasteiger partial charge in [0.05, 0.1) is 0 Å². The van der Waals surface area contributed by atoms with E-state index in [1.54, 1.807) is 0 Å². The summed E-state index contributed by atoms with van der Waals surface area (Å²) in [7, 11) is 0. The second-order valence-electron chi connectivity index (χ2n) is 1.33. The molecule has 0 fully saturated rings. The first-order valence-corrected chi connectivity index (χ1v) is 2.52. The standard InChI is InChI=1S/C4H13N3.Cu/c5-1-3-7-4-2-6;/h7H,1-6H2;. The Bertz CT molecular complexity index is 30.5. The van der Waals surface area contributed by atoms with Crippen LogP contribution in [0.15, 0.2) is 0 Å². The molecule has 0 aliphatic heterocycles. The topological polar surface area (TPSA) is 64.1 Å². The molecule has 0 amide bonds. The fraction of sp³-hybridized carbons (Fsp3) is 1.00. The summed E-state index contributed by atoms with van der Waals surface area (Å²) in [5.74, 6) is 0. The van der Waals surface area contributed by atoms with Gasteiger partial charge in [0.15, 0.2) is 0 Å². The second kappa shape index (κ2) is 10.4. The molecule has 0 spiro atoms. The molecule has 4 heteroatoms. The fourth-order valence-corrected chi connectivity index (χ4v) is 0.329. The molecule has 0 aromatic heterocycles. The predicted molar refractivity (Wildman–Crippen MR) is 31.0 cm³/mol. The Hall–Kier alpha value is 0.399. The maximum absolute atomic E-state index is 5.17. The molecule has 0 saturated heterocycles. The van der Waals surface area contributed by atoms with E-state index >= 15 is 0 Å². The van der Waals surface area contributed by atoms with Crippen molar-refractivity contribution in [2.24, 2.45) is 11.5 Å². The third-order valence-corrected chi connectivity index (χ3v) is 0.642. The van der Waals surface area contributed by atoms with Crippen LogP contribution in [0.5, 0.6) is 0 Å². The summed E-state index contributed by atoms with van der Waals surface area (Å²) in [5.41, 5.74) is 10.3. The molecule has 0 saturated carbocycles. The number of rotatable bonds is 4. The maximum Gasteiger partial charge on any atom is 0.00750 e. The van der Waals surface area contributed by atoms with Crippen LogP contribution in [0.3, 0.4) is 0 Å². The van der Waals surface area contributed by atoms with E-state index in [4.69, 9.17) is 11.5 Å². The van der Waals surface area contributed by atoms with Gasteiger partial charge in [0.2, 0.25) is 0 Å². The van der Waals surface area contributed by atoms with Gasteiger partial charge in [-0.05, 0) is 0 Å². The van der Waals surface area contributed by atoms with Crippen molar-refractivity contribution in [1.82, 2.24) is 5.32 Å². The van der Waals surface area contributed by atoms with Crippen molar-refractivity contribution >= 4 is 0 Å². The molecular formula is C4H13CuN3. The molecule has 0 aromatic carbocycles. The number of nitrogens with two attached hydrogens (primary N) is 2. The molecule has 1 radical (unpaired) electrons. The first kappa shape index (κ1) is 11.2. The Morgan fingerprint density at radius 3 is 1.62 bits per heavy atom. The minimum atomic E-state index is 0. The van der Waals surface area contributed by atoms with Crippen molar-refractivity contribution in [3.8, 4) is 0 Å². The Morgan fingerprint density at radius 2 is 1.38 bits per heavy atom. The normalized spacial score (nSPS) is 8.25. The van der Waals surface area contributed by atoms with E-state index in [0.29, 0.717) is 13.1 Å². The third kappa shape index (κ3) is 9.64. The van der Waals surface area contributed by atoms with E-state index in [9.17, 15) is 0 Å². The van der Waals surface area contributed by atoms with Gasteiger partial charge in [0, 0.05) is 43.2 Å². The fourth-order valence-electron chi connectivity index (χ4n) is 0.329. The van der Waals surface area contributed by atoms with Gasteiger partial charge < -0.3 is 16.8 Å². The van der Waals surface area contributed by atoms with Crippen LogP contribution in [0.2, 0.25) is 0 Å². The molecule has 0 unspecified atom stereocenters. The van der Waals surface area contributed by atoms with Crippen LogP contribution in [-0.2, 0) is 17.1 Å². The molecule has 0 aliphatic rings. The van der Waals surface area contributed by atoms with Crippen LogP contribution in [0.1, 0.15) is 0 Å². The average Bonchev–Trinajstić information content (AvgIpc) is 1.69. The van der Waals surface area contributed by atoms with Gasteiger partial charge in [-0.2, -0.15) is 0 Å². The van der Waals surface area contributed by atoms with Crippen LogP contribution >= 0.6 is 0 Å². The molecule has 0 bridgehead atoms. The van der Waals surface area contributed by atoms with Crippen molar-refractivity contribution in [1.29, 1.82) is 0 Å². The quantitative estimate of drug-likeness (QED) is 0.352. The number of hydrogen-bond acceptors (Lipinski definition) is 3. The summed E-state index contributed by atoms with van der Waals surface area (Å²) < 4.78 is 0. The van der Waals surface area contributed by atoms with E-state index < -0.39 is 0 Å². The minimum absolute atomic E-state index is 0.